The second-order valence-corrected chi connectivity index (χ2v) is 5.73. The Labute approximate surface area is 118 Å². The summed E-state index contributed by atoms with van der Waals surface area (Å²) in [5.74, 6) is -0.341. The third-order valence-corrected chi connectivity index (χ3v) is 4.43. The first kappa shape index (κ1) is 13.1. The zero-order valence-corrected chi connectivity index (χ0v) is 11.6. The molecule has 1 aromatic carbocycles. The first-order chi connectivity index (χ1) is 9.51. The Morgan fingerprint density at radius 2 is 1.70 bits per heavy atom. The highest BCUT2D eigenvalue weighted by Gasteiger charge is 2.38. The van der Waals surface area contributed by atoms with Crippen LogP contribution in [0.2, 0.25) is 0 Å². The Hall–Kier alpha value is -1.88. The van der Waals surface area contributed by atoms with Crippen molar-refractivity contribution >= 4 is 17.5 Å². The smallest absolute Gasteiger partial charge is 0.248 e. The van der Waals surface area contributed by atoms with E-state index in [1.165, 1.54) is 11.9 Å². The number of benzene rings is 1. The van der Waals surface area contributed by atoms with Gasteiger partial charge in [0.2, 0.25) is 11.8 Å². The molecule has 1 aromatic rings. The van der Waals surface area contributed by atoms with Gasteiger partial charge in [0.15, 0.2) is 0 Å². The van der Waals surface area contributed by atoms with Crippen molar-refractivity contribution in [3.05, 3.63) is 29.8 Å². The average Bonchev–Trinajstić information content (AvgIpc) is 2.41. The molecule has 1 aliphatic carbocycles. The number of imide groups is 1. The molecule has 1 saturated carbocycles. The number of rotatable bonds is 2. The number of likely N-dealkylation sites (N-methyl/N-ethyl adjacent to an activating group) is 1. The maximum absolute atomic E-state index is 11.9. The third kappa shape index (κ3) is 1.98. The first-order valence-electron chi connectivity index (χ1n) is 6.94. The van der Waals surface area contributed by atoms with E-state index in [1.54, 1.807) is 0 Å². The molecule has 2 N–H and O–H groups in total. The zero-order valence-electron chi connectivity index (χ0n) is 11.6. The maximum atomic E-state index is 11.9. The fourth-order valence-corrected chi connectivity index (χ4v) is 2.90. The van der Waals surface area contributed by atoms with Crippen molar-refractivity contribution in [3.63, 3.8) is 0 Å². The molecule has 0 spiro atoms. The molecule has 3 rings (SSSR count). The molecule has 0 unspecified atom stereocenters. The number of hydrogen-bond donors (Lipinski definition) is 1. The molecule has 2 fully saturated rings. The van der Waals surface area contributed by atoms with Crippen LogP contribution in [-0.2, 0) is 15.1 Å². The topological polar surface area (TPSA) is 66.6 Å². The summed E-state index contributed by atoms with van der Waals surface area (Å²) in [5, 5.41) is 0. The van der Waals surface area contributed by atoms with E-state index < -0.39 is 0 Å². The van der Waals surface area contributed by atoms with Crippen molar-refractivity contribution in [2.45, 2.75) is 24.8 Å². The van der Waals surface area contributed by atoms with E-state index >= 15 is 0 Å². The Balaban J connectivity index is 1.95. The fraction of sp³-hybridized carbons (Fsp3) is 0.467. The highest BCUT2D eigenvalue weighted by molar-refractivity contribution is 6.02. The molecule has 5 heteroatoms. The standard InChI is InChI=1S/C15H19N3O2/c1-17-13(19)9-18(10-14(17)20)12-6-3-2-5-11(12)15(16)7-4-8-15/h2-3,5-6H,4,7-10,16H2,1H3. The molecule has 0 radical (unpaired) electrons. The molecule has 1 aliphatic heterocycles. The molecule has 1 heterocycles. The molecule has 1 saturated heterocycles. The number of para-hydroxylation sites is 1. The molecule has 20 heavy (non-hydrogen) atoms. The number of nitrogens with zero attached hydrogens (tertiary/aromatic N) is 2. The van der Waals surface area contributed by atoms with Crippen molar-refractivity contribution in [1.29, 1.82) is 0 Å². The van der Waals surface area contributed by atoms with Gasteiger partial charge in [0.1, 0.15) is 0 Å². The van der Waals surface area contributed by atoms with E-state index in [2.05, 4.69) is 0 Å². The van der Waals surface area contributed by atoms with Crippen LogP contribution in [0.5, 0.6) is 0 Å². The van der Waals surface area contributed by atoms with Gasteiger partial charge in [-0.2, -0.15) is 0 Å². The third-order valence-electron chi connectivity index (χ3n) is 4.43. The Kier molecular flexibility index (Phi) is 3.01. The summed E-state index contributed by atoms with van der Waals surface area (Å²) in [7, 11) is 1.53. The molecule has 0 bridgehead atoms. The van der Waals surface area contributed by atoms with E-state index in [0.29, 0.717) is 0 Å². The molecular formula is C15H19N3O2. The van der Waals surface area contributed by atoms with Crippen LogP contribution >= 0.6 is 0 Å². The molecule has 0 aromatic heterocycles. The predicted octanol–water partition coefficient (Wildman–Crippen LogP) is 0.829. The predicted molar refractivity (Wildman–Crippen MR) is 76.1 cm³/mol. The van der Waals surface area contributed by atoms with Gasteiger partial charge >= 0.3 is 0 Å². The minimum atomic E-state index is -0.300. The lowest BCUT2D eigenvalue weighted by molar-refractivity contribution is -0.143. The van der Waals surface area contributed by atoms with Crippen molar-refractivity contribution in [3.8, 4) is 0 Å². The summed E-state index contributed by atoms with van der Waals surface area (Å²) < 4.78 is 0. The molecule has 2 aliphatic rings. The van der Waals surface area contributed by atoms with E-state index in [4.69, 9.17) is 5.73 Å². The number of anilines is 1. The normalized spacial score (nSPS) is 21.9. The molecular weight excluding hydrogens is 254 g/mol. The highest BCUT2D eigenvalue weighted by atomic mass is 16.2. The van der Waals surface area contributed by atoms with Crippen LogP contribution in [-0.4, -0.2) is 36.9 Å². The van der Waals surface area contributed by atoms with Gasteiger partial charge in [-0.25, -0.2) is 0 Å². The molecule has 106 valence electrons. The molecule has 5 nitrogen and oxygen atoms in total. The highest BCUT2D eigenvalue weighted by Crippen LogP contribution is 2.42. The van der Waals surface area contributed by atoms with Gasteiger partial charge in [-0.1, -0.05) is 18.2 Å². The van der Waals surface area contributed by atoms with Gasteiger partial charge in [-0.05, 0) is 30.9 Å². The van der Waals surface area contributed by atoms with Crippen LogP contribution in [0.4, 0.5) is 5.69 Å². The molecule has 2 amide bonds. The zero-order chi connectivity index (χ0) is 14.3. The van der Waals surface area contributed by atoms with E-state index in [0.717, 1.165) is 30.5 Å². The molecule has 0 atom stereocenters. The van der Waals surface area contributed by atoms with Crippen molar-refractivity contribution in [1.82, 2.24) is 4.90 Å². The van der Waals surface area contributed by atoms with Gasteiger partial charge in [0, 0.05) is 18.3 Å². The summed E-state index contributed by atoms with van der Waals surface area (Å²) in [4.78, 5) is 26.8. The number of amides is 2. The van der Waals surface area contributed by atoms with Crippen LogP contribution in [0, 0.1) is 0 Å². The summed E-state index contributed by atoms with van der Waals surface area (Å²) in [6.45, 7) is 0.463. The van der Waals surface area contributed by atoms with Crippen LogP contribution in [0.1, 0.15) is 24.8 Å². The van der Waals surface area contributed by atoms with Crippen molar-refractivity contribution in [2.75, 3.05) is 25.0 Å². The SMILES string of the molecule is CN1C(=O)CN(c2ccccc2C2(N)CCC2)CC1=O. The van der Waals surface area contributed by atoms with Gasteiger partial charge < -0.3 is 10.6 Å². The summed E-state index contributed by atoms with van der Waals surface area (Å²) >= 11 is 0. The second kappa shape index (κ2) is 4.59. The maximum Gasteiger partial charge on any atom is 0.248 e. The van der Waals surface area contributed by atoms with Crippen LogP contribution < -0.4 is 10.6 Å². The largest absolute Gasteiger partial charge is 0.353 e. The Bertz CT molecular complexity index is 548. The van der Waals surface area contributed by atoms with Gasteiger partial charge in [0.25, 0.3) is 0 Å². The van der Waals surface area contributed by atoms with Gasteiger partial charge in [-0.15, -0.1) is 0 Å². The second-order valence-electron chi connectivity index (χ2n) is 5.73. The minimum absolute atomic E-state index is 0.171. The lowest BCUT2D eigenvalue weighted by Crippen LogP contribution is -2.53. The van der Waals surface area contributed by atoms with Crippen molar-refractivity contribution in [2.24, 2.45) is 5.73 Å². The Morgan fingerprint density at radius 1 is 1.10 bits per heavy atom. The summed E-state index contributed by atoms with van der Waals surface area (Å²) in [5.41, 5.74) is 8.09. The fourth-order valence-electron chi connectivity index (χ4n) is 2.90. The first-order valence-corrected chi connectivity index (χ1v) is 6.94. The van der Waals surface area contributed by atoms with Gasteiger partial charge in [-0.3, -0.25) is 14.5 Å². The summed E-state index contributed by atoms with van der Waals surface area (Å²) in [6.07, 6.45) is 3.05. The van der Waals surface area contributed by atoms with Gasteiger partial charge in [0.05, 0.1) is 13.1 Å². The minimum Gasteiger partial charge on any atom is -0.353 e. The lowest BCUT2D eigenvalue weighted by atomic mass is 9.72. The average molecular weight is 273 g/mol. The monoisotopic (exact) mass is 273 g/mol. The van der Waals surface area contributed by atoms with E-state index in [1.807, 2.05) is 29.2 Å². The lowest BCUT2D eigenvalue weighted by Gasteiger charge is -2.42. The van der Waals surface area contributed by atoms with E-state index in [9.17, 15) is 9.59 Å². The Morgan fingerprint density at radius 3 is 2.25 bits per heavy atom. The van der Waals surface area contributed by atoms with Crippen LogP contribution in [0.3, 0.4) is 0 Å². The quantitative estimate of drug-likeness (QED) is 0.811. The van der Waals surface area contributed by atoms with Crippen molar-refractivity contribution < 1.29 is 9.59 Å². The summed E-state index contributed by atoms with van der Waals surface area (Å²) in [6, 6.07) is 7.86. The number of hydrogen-bond acceptors (Lipinski definition) is 4. The van der Waals surface area contributed by atoms with Crippen LogP contribution in [0.15, 0.2) is 24.3 Å². The van der Waals surface area contributed by atoms with E-state index in [-0.39, 0.29) is 30.4 Å². The van der Waals surface area contributed by atoms with Crippen LogP contribution in [0.25, 0.3) is 0 Å². The number of carbonyl (C=O) groups excluding carboxylic acids is 2. The number of piperazine rings is 1. The number of carbonyl (C=O) groups is 2. The number of nitrogens with two attached hydrogens (primary N) is 1.